The highest BCUT2D eigenvalue weighted by Crippen LogP contribution is 2.25. The molecule has 1 aromatic heterocycles. The number of carbonyl (C=O) groups is 1. The Morgan fingerprint density at radius 3 is 2.72 bits per heavy atom. The largest absolute Gasteiger partial charge is 0.469 e. The lowest BCUT2D eigenvalue weighted by atomic mass is 10.1. The van der Waals surface area contributed by atoms with Gasteiger partial charge < -0.3 is 15.1 Å². The zero-order valence-electron chi connectivity index (χ0n) is 10.5. The third-order valence-electron chi connectivity index (χ3n) is 3.33. The minimum atomic E-state index is -0.0356. The molecule has 0 unspecified atom stereocenters. The average Bonchev–Trinajstić information content (AvgIpc) is 2.95. The van der Waals surface area contributed by atoms with E-state index in [1.54, 1.807) is 11.0 Å². The van der Waals surface area contributed by atoms with E-state index in [9.17, 15) is 4.79 Å². The molecule has 0 spiro atoms. The van der Waals surface area contributed by atoms with Crippen molar-refractivity contribution in [2.45, 2.75) is 38.6 Å². The van der Waals surface area contributed by atoms with Gasteiger partial charge in [0.15, 0.2) is 0 Å². The lowest BCUT2D eigenvalue weighted by molar-refractivity contribution is 0.0714. The summed E-state index contributed by atoms with van der Waals surface area (Å²) in [6.45, 7) is 2.17. The first kappa shape index (κ1) is 13.1. The molecule has 98 valence electrons. The summed E-state index contributed by atoms with van der Waals surface area (Å²) in [5, 5.41) is 0. The fourth-order valence-electron chi connectivity index (χ4n) is 2.47. The molecule has 0 radical (unpaired) electrons. The molecule has 1 aromatic rings. The van der Waals surface area contributed by atoms with E-state index < -0.39 is 0 Å². The molecular formula is C13H18N2O2S. The van der Waals surface area contributed by atoms with Crippen LogP contribution in [0.5, 0.6) is 0 Å². The molecule has 0 aliphatic heterocycles. The Kier molecular flexibility index (Phi) is 4.01. The van der Waals surface area contributed by atoms with E-state index in [0.717, 1.165) is 31.4 Å². The summed E-state index contributed by atoms with van der Waals surface area (Å²) < 4.78 is 5.19. The van der Waals surface area contributed by atoms with Gasteiger partial charge in [0.2, 0.25) is 0 Å². The zero-order valence-corrected chi connectivity index (χ0v) is 11.3. The summed E-state index contributed by atoms with van der Waals surface area (Å²) in [4.78, 5) is 14.6. The molecule has 4 nitrogen and oxygen atoms in total. The van der Waals surface area contributed by atoms with E-state index in [-0.39, 0.29) is 11.9 Å². The van der Waals surface area contributed by atoms with Crippen LogP contribution in [0.3, 0.4) is 0 Å². The van der Waals surface area contributed by atoms with Gasteiger partial charge in [-0.05, 0) is 25.8 Å². The van der Waals surface area contributed by atoms with Crippen molar-refractivity contribution in [1.82, 2.24) is 4.90 Å². The van der Waals surface area contributed by atoms with E-state index in [0.29, 0.717) is 17.1 Å². The van der Waals surface area contributed by atoms with E-state index in [1.165, 1.54) is 6.26 Å². The average molecular weight is 266 g/mol. The molecule has 1 saturated carbocycles. The smallest absolute Gasteiger partial charge is 0.257 e. The SMILES string of the molecule is Cc1cc(C(=O)N(CC(N)=S)C2CCCC2)co1. The van der Waals surface area contributed by atoms with Crippen LogP contribution < -0.4 is 5.73 Å². The van der Waals surface area contributed by atoms with Gasteiger partial charge in [0.25, 0.3) is 5.91 Å². The minimum absolute atomic E-state index is 0.0356. The Hall–Kier alpha value is -1.36. The summed E-state index contributed by atoms with van der Waals surface area (Å²) in [6.07, 6.45) is 5.89. The zero-order chi connectivity index (χ0) is 13.1. The fourth-order valence-corrected chi connectivity index (χ4v) is 2.61. The number of furan rings is 1. The first-order chi connectivity index (χ1) is 8.58. The monoisotopic (exact) mass is 266 g/mol. The van der Waals surface area contributed by atoms with Crippen LogP contribution >= 0.6 is 12.2 Å². The molecule has 1 aliphatic rings. The van der Waals surface area contributed by atoms with E-state index in [4.69, 9.17) is 22.4 Å². The molecule has 1 amide bonds. The summed E-state index contributed by atoms with van der Waals surface area (Å²) in [5.74, 6) is 0.701. The van der Waals surface area contributed by atoms with Crippen molar-refractivity contribution in [2.24, 2.45) is 5.73 Å². The fraction of sp³-hybridized carbons (Fsp3) is 0.538. The van der Waals surface area contributed by atoms with Gasteiger partial charge >= 0.3 is 0 Å². The van der Waals surface area contributed by atoms with E-state index in [2.05, 4.69) is 0 Å². The van der Waals surface area contributed by atoms with Gasteiger partial charge in [-0.15, -0.1) is 0 Å². The van der Waals surface area contributed by atoms with Crippen molar-refractivity contribution < 1.29 is 9.21 Å². The van der Waals surface area contributed by atoms with Crippen molar-refractivity contribution in [1.29, 1.82) is 0 Å². The Morgan fingerprint density at radius 2 is 2.22 bits per heavy atom. The predicted octanol–water partition coefficient (Wildman–Crippen LogP) is 2.26. The van der Waals surface area contributed by atoms with Crippen LogP contribution in [0.4, 0.5) is 0 Å². The lowest BCUT2D eigenvalue weighted by Gasteiger charge is -2.28. The maximum absolute atomic E-state index is 12.4. The molecule has 0 bridgehead atoms. The maximum Gasteiger partial charge on any atom is 0.257 e. The second-order valence-corrected chi connectivity index (χ2v) is 5.31. The second kappa shape index (κ2) is 5.52. The molecular weight excluding hydrogens is 248 g/mol. The summed E-state index contributed by atoms with van der Waals surface area (Å²) in [7, 11) is 0. The minimum Gasteiger partial charge on any atom is -0.469 e. The molecule has 5 heteroatoms. The molecule has 2 rings (SSSR count). The van der Waals surface area contributed by atoms with E-state index >= 15 is 0 Å². The lowest BCUT2D eigenvalue weighted by Crippen LogP contribution is -2.43. The van der Waals surface area contributed by atoms with Gasteiger partial charge in [0, 0.05) is 6.04 Å². The molecule has 0 saturated heterocycles. The van der Waals surface area contributed by atoms with Crippen molar-refractivity contribution in [3.8, 4) is 0 Å². The molecule has 1 heterocycles. The number of carbonyl (C=O) groups excluding carboxylic acids is 1. The third-order valence-corrected chi connectivity index (χ3v) is 3.46. The highest BCUT2D eigenvalue weighted by Gasteiger charge is 2.28. The topological polar surface area (TPSA) is 59.5 Å². The van der Waals surface area contributed by atoms with Crippen LogP contribution in [-0.4, -0.2) is 28.4 Å². The first-order valence-corrected chi connectivity index (χ1v) is 6.63. The van der Waals surface area contributed by atoms with Crippen LogP contribution in [0.15, 0.2) is 16.7 Å². The van der Waals surface area contributed by atoms with Crippen LogP contribution in [0.2, 0.25) is 0 Å². The molecule has 1 aliphatic carbocycles. The Morgan fingerprint density at radius 1 is 1.56 bits per heavy atom. The maximum atomic E-state index is 12.4. The van der Waals surface area contributed by atoms with Crippen LogP contribution in [0, 0.1) is 6.92 Å². The molecule has 0 atom stereocenters. The van der Waals surface area contributed by atoms with Gasteiger partial charge in [0.1, 0.15) is 12.0 Å². The third kappa shape index (κ3) is 2.90. The van der Waals surface area contributed by atoms with Crippen molar-refractivity contribution in [3.05, 3.63) is 23.7 Å². The van der Waals surface area contributed by atoms with Crippen molar-refractivity contribution in [3.63, 3.8) is 0 Å². The summed E-state index contributed by atoms with van der Waals surface area (Å²) in [5.41, 5.74) is 6.18. The van der Waals surface area contributed by atoms with Crippen LogP contribution in [0.1, 0.15) is 41.8 Å². The van der Waals surface area contributed by atoms with Gasteiger partial charge in [-0.25, -0.2) is 0 Å². The number of thiocarbonyl (C=S) groups is 1. The number of aryl methyl sites for hydroxylation is 1. The van der Waals surface area contributed by atoms with Crippen molar-refractivity contribution in [2.75, 3.05) is 6.54 Å². The Labute approximate surface area is 112 Å². The number of nitrogens with zero attached hydrogens (tertiary/aromatic N) is 1. The molecule has 18 heavy (non-hydrogen) atoms. The van der Waals surface area contributed by atoms with E-state index in [1.807, 2.05) is 6.92 Å². The second-order valence-electron chi connectivity index (χ2n) is 4.78. The summed E-state index contributed by atoms with van der Waals surface area (Å²) in [6, 6.07) is 2.01. The molecule has 2 N–H and O–H groups in total. The molecule has 1 fully saturated rings. The number of hydrogen-bond donors (Lipinski definition) is 1. The first-order valence-electron chi connectivity index (χ1n) is 6.22. The highest BCUT2D eigenvalue weighted by molar-refractivity contribution is 7.80. The van der Waals surface area contributed by atoms with Gasteiger partial charge in [0.05, 0.1) is 17.1 Å². The number of nitrogens with two attached hydrogens (primary N) is 1. The molecule has 0 aromatic carbocycles. The van der Waals surface area contributed by atoms with Crippen LogP contribution in [0.25, 0.3) is 0 Å². The standard InChI is InChI=1S/C13H18N2O2S/c1-9-6-10(8-17-9)13(16)15(7-12(14)18)11-4-2-3-5-11/h6,8,11H,2-5,7H2,1H3,(H2,14,18). The van der Waals surface area contributed by atoms with Gasteiger partial charge in [-0.1, -0.05) is 25.1 Å². The van der Waals surface area contributed by atoms with Gasteiger partial charge in [-0.2, -0.15) is 0 Å². The van der Waals surface area contributed by atoms with Crippen LogP contribution in [-0.2, 0) is 0 Å². The predicted molar refractivity (Wildman–Crippen MR) is 73.5 cm³/mol. The number of rotatable bonds is 4. The quantitative estimate of drug-likeness (QED) is 0.849. The Balaban J connectivity index is 2.17. The summed E-state index contributed by atoms with van der Waals surface area (Å²) >= 11 is 4.94. The van der Waals surface area contributed by atoms with Crippen molar-refractivity contribution >= 4 is 23.1 Å². The van der Waals surface area contributed by atoms with Gasteiger partial charge in [-0.3, -0.25) is 4.79 Å². The Bertz CT molecular complexity index is 450. The number of amides is 1. The number of hydrogen-bond acceptors (Lipinski definition) is 3. The highest BCUT2D eigenvalue weighted by atomic mass is 32.1. The normalized spacial score (nSPS) is 15.8.